The van der Waals surface area contributed by atoms with E-state index in [2.05, 4.69) is 66.9 Å². The molecule has 1 saturated carbocycles. The molecule has 0 bridgehead atoms. The molecular formula is C18H29N3S. The quantitative estimate of drug-likeness (QED) is 0.624. The summed E-state index contributed by atoms with van der Waals surface area (Å²) in [6.07, 6.45) is 4.67. The second kappa shape index (κ2) is 6.95. The van der Waals surface area contributed by atoms with Gasteiger partial charge in [-0.05, 0) is 51.0 Å². The van der Waals surface area contributed by atoms with Crippen molar-refractivity contribution in [3.8, 4) is 0 Å². The van der Waals surface area contributed by atoms with E-state index in [0.717, 1.165) is 19.0 Å². The predicted molar refractivity (Wildman–Crippen MR) is 99.0 cm³/mol. The Labute approximate surface area is 139 Å². The molecule has 4 heteroatoms. The van der Waals surface area contributed by atoms with E-state index in [-0.39, 0.29) is 4.75 Å². The van der Waals surface area contributed by atoms with Gasteiger partial charge in [-0.2, -0.15) is 11.8 Å². The number of rotatable bonds is 6. The van der Waals surface area contributed by atoms with Crippen molar-refractivity contribution in [2.24, 2.45) is 4.99 Å². The number of hydrogen-bond donors (Lipinski definition) is 2. The second-order valence-corrected chi connectivity index (χ2v) is 8.35. The third-order valence-electron chi connectivity index (χ3n) is 4.62. The van der Waals surface area contributed by atoms with Gasteiger partial charge in [-0.15, -0.1) is 0 Å². The number of aryl methyl sites for hydroxylation is 1. The number of aliphatic imine (C=N–C) groups is 1. The Kier molecular flexibility index (Phi) is 5.43. The Hall–Kier alpha value is -1.16. The fourth-order valence-corrected chi connectivity index (χ4v) is 2.92. The van der Waals surface area contributed by atoms with Crippen LogP contribution in [0.4, 0.5) is 0 Å². The van der Waals surface area contributed by atoms with E-state index in [0.29, 0.717) is 5.41 Å². The van der Waals surface area contributed by atoms with E-state index in [9.17, 15) is 0 Å². The fraction of sp³-hybridized carbons (Fsp3) is 0.611. The number of guanidine groups is 1. The monoisotopic (exact) mass is 319 g/mol. The smallest absolute Gasteiger partial charge is 0.191 e. The van der Waals surface area contributed by atoms with Gasteiger partial charge >= 0.3 is 0 Å². The van der Waals surface area contributed by atoms with E-state index in [1.165, 1.54) is 24.0 Å². The van der Waals surface area contributed by atoms with Gasteiger partial charge in [0.2, 0.25) is 0 Å². The number of nitrogens with one attached hydrogen (secondary N) is 2. The fourth-order valence-electron chi connectivity index (χ4n) is 2.70. The first-order valence-electron chi connectivity index (χ1n) is 7.98. The Balaban J connectivity index is 1.93. The molecule has 0 aromatic heterocycles. The molecule has 0 saturated heterocycles. The molecule has 1 aliphatic carbocycles. The Morgan fingerprint density at radius 3 is 2.50 bits per heavy atom. The van der Waals surface area contributed by atoms with Gasteiger partial charge in [0, 0.05) is 30.3 Å². The molecule has 0 unspecified atom stereocenters. The summed E-state index contributed by atoms with van der Waals surface area (Å²) in [5.41, 5.74) is 3.19. The lowest BCUT2D eigenvalue weighted by Gasteiger charge is -2.25. The first kappa shape index (κ1) is 17.2. The van der Waals surface area contributed by atoms with Crippen molar-refractivity contribution in [1.82, 2.24) is 10.6 Å². The summed E-state index contributed by atoms with van der Waals surface area (Å²) in [6.45, 7) is 8.56. The molecule has 1 aromatic rings. The highest BCUT2D eigenvalue weighted by atomic mass is 32.2. The minimum atomic E-state index is 0.213. The molecular weight excluding hydrogens is 290 g/mol. The van der Waals surface area contributed by atoms with E-state index < -0.39 is 0 Å². The third-order valence-corrected chi connectivity index (χ3v) is 5.87. The van der Waals surface area contributed by atoms with Crippen LogP contribution in [0.15, 0.2) is 29.3 Å². The lowest BCUT2D eigenvalue weighted by atomic mass is 9.92. The maximum absolute atomic E-state index is 4.36. The second-order valence-electron chi connectivity index (χ2n) is 6.84. The number of nitrogens with zero attached hydrogens (tertiary/aromatic N) is 1. The van der Waals surface area contributed by atoms with Crippen LogP contribution in [0.2, 0.25) is 0 Å². The molecule has 1 fully saturated rings. The lowest BCUT2D eigenvalue weighted by molar-refractivity contribution is 0.624. The van der Waals surface area contributed by atoms with Gasteiger partial charge in [-0.25, -0.2) is 0 Å². The van der Waals surface area contributed by atoms with Gasteiger partial charge in [0.05, 0.1) is 0 Å². The average Bonchev–Trinajstić information content (AvgIpc) is 3.29. The summed E-state index contributed by atoms with van der Waals surface area (Å²) >= 11 is 1.87. The molecule has 2 rings (SSSR count). The zero-order valence-electron chi connectivity index (χ0n) is 14.5. The van der Waals surface area contributed by atoms with Crippen LogP contribution in [-0.2, 0) is 5.41 Å². The predicted octanol–water partition coefficient (Wildman–Crippen LogP) is 3.33. The van der Waals surface area contributed by atoms with Gasteiger partial charge in [0.1, 0.15) is 0 Å². The molecule has 0 heterocycles. The van der Waals surface area contributed by atoms with Crippen LogP contribution in [0, 0.1) is 6.92 Å². The number of thioether (sulfide) groups is 1. The third kappa shape index (κ3) is 4.19. The summed E-state index contributed by atoms with van der Waals surface area (Å²) in [6, 6.07) is 8.75. The van der Waals surface area contributed by atoms with Crippen LogP contribution in [-0.4, -0.2) is 37.1 Å². The Bertz CT molecular complexity index is 533. The van der Waals surface area contributed by atoms with Crippen molar-refractivity contribution < 1.29 is 0 Å². The van der Waals surface area contributed by atoms with Crippen molar-refractivity contribution >= 4 is 17.7 Å². The van der Waals surface area contributed by atoms with Crippen molar-refractivity contribution in [3.05, 3.63) is 35.4 Å². The first-order chi connectivity index (χ1) is 10.4. The van der Waals surface area contributed by atoms with Gasteiger partial charge in [0.15, 0.2) is 5.96 Å². The topological polar surface area (TPSA) is 36.4 Å². The van der Waals surface area contributed by atoms with Gasteiger partial charge < -0.3 is 10.6 Å². The van der Waals surface area contributed by atoms with Crippen molar-refractivity contribution in [2.45, 2.75) is 43.8 Å². The zero-order valence-corrected chi connectivity index (χ0v) is 15.3. The Morgan fingerprint density at radius 1 is 1.27 bits per heavy atom. The summed E-state index contributed by atoms with van der Waals surface area (Å²) in [7, 11) is 1.84. The van der Waals surface area contributed by atoms with Crippen LogP contribution in [0.1, 0.15) is 37.8 Å². The molecule has 0 atom stereocenters. The van der Waals surface area contributed by atoms with Crippen LogP contribution >= 0.6 is 11.8 Å². The summed E-state index contributed by atoms with van der Waals surface area (Å²) in [4.78, 5) is 4.36. The highest BCUT2D eigenvalue weighted by molar-refractivity contribution is 7.99. The molecule has 0 aliphatic heterocycles. The van der Waals surface area contributed by atoms with Gasteiger partial charge in [-0.1, -0.05) is 24.3 Å². The molecule has 2 N–H and O–H groups in total. The van der Waals surface area contributed by atoms with E-state index >= 15 is 0 Å². The largest absolute Gasteiger partial charge is 0.356 e. The minimum Gasteiger partial charge on any atom is -0.356 e. The summed E-state index contributed by atoms with van der Waals surface area (Å²) in [5.74, 6) is 0.905. The number of benzene rings is 1. The Morgan fingerprint density at radius 2 is 1.95 bits per heavy atom. The standard InChI is InChI=1S/C18H29N3S/c1-14-8-6-7-9-15(14)18(10-11-18)13-21-16(19-4)20-12-17(2,3)22-5/h6-9H,10-13H2,1-5H3,(H2,19,20,21). The maximum atomic E-state index is 4.36. The normalized spacial score (nSPS) is 17.2. The summed E-state index contributed by atoms with van der Waals surface area (Å²) in [5, 5.41) is 6.97. The molecule has 0 amide bonds. The lowest BCUT2D eigenvalue weighted by Crippen LogP contribution is -2.45. The molecule has 122 valence electrons. The SMILES string of the molecule is CN=C(NCC(C)(C)SC)NCC1(c2ccccc2C)CC1. The highest BCUT2D eigenvalue weighted by Gasteiger charge is 2.44. The van der Waals surface area contributed by atoms with Crippen LogP contribution in [0.3, 0.4) is 0 Å². The molecule has 0 radical (unpaired) electrons. The van der Waals surface area contributed by atoms with Crippen molar-refractivity contribution in [1.29, 1.82) is 0 Å². The average molecular weight is 320 g/mol. The highest BCUT2D eigenvalue weighted by Crippen LogP contribution is 2.48. The number of hydrogen-bond acceptors (Lipinski definition) is 2. The van der Waals surface area contributed by atoms with Crippen LogP contribution < -0.4 is 10.6 Å². The molecule has 0 spiro atoms. The van der Waals surface area contributed by atoms with Crippen molar-refractivity contribution in [2.75, 3.05) is 26.4 Å². The van der Waals surface area contributed by atoms with Crippen LogP contribution in [0.25, 0.3) is 0 Å². The molecule has 3 nitrogen and oxygen atoms in total. The minimum absolute atomic E-state index is 0.213. The van der Waals surface area contributed by atoms with Crippen LogP contribution in [0.5, 0.6) is 0 Å². The van der Waals surface area contributed by atoms with Gasteiger partial charge in [0.25, 0.3) is 0 Å². The van der Waals surface area contributed by atoms with Crippen molar-refractivity contribution in [3.63, 3.8) is 0 Å². The molecule has 22 heavy (non-hydrogen) atoms. The van der Waals surface area contributed by atoms with E-state index in [1.54, 1.807) is 0 Å². The van der Waals surface area contributed by atoms with E-state index in [1.807, 2.05) is 18.8 Å². The van der Waals surface area contributed by atoms with Gasteiger partial charge in [-0.3, -0.25) is 4.99 Å². The summed E-state index contributed by atoms with van der Waals surface area (Å²) < 4.78 is 0.213. The molecule has 1 aliphatic rings. The maximum Gasteiger partial charge on any atom is 0.191 e. The van der Waals surface area contributed by atoms with E-state index in [4.69, 9.17) is 0 Å². The first-order valence-corrected chi connectivity index (χ1v) is 9.21. The zero-order chi connectivity index (χ0) is 16.2. The molecule has 1 aromatic carbocycles.